The van der Waals surface area contributed by atoms with Gasteiger partial charge in [-0.15, -0.1) is 0 Å². The number of nitrogens with one attached hydrogen (secondary N) is 1. The summed E-state index contributed by atoms with van der Waals surface area (Å²) in [5.41, 5.74) is 0. The third-order valence-corrected chi connectivity index (χ3v) is 6.29. The van der Waals surface area contributed by atoms with Crippen LogP contribution in [0.25, 0.3) is 0 Å². The summed E-state index contributed by atoms with van der Waals surface area (Å²) in [5.74, 6) is 0.217. The minimum absolute atomic E-state index is 0.217. The van der Waals surface area contributed by atoms with E-state index in [0.717, 1.165) is 13.1 Å². The number of hydrogen-bond donors (Lipinski definition) is 1. The first kappa shape index (κ1) is 16.2. The van der Waals surface area contributed by atoms with Crippen LogP contribution in [0.15, 0.2) is 0 Å². The Morgan fingerprint density at radius 2 is 1.70 bits per heavy atom. The van der Waals surface area contributed by atoms with Crippen molar-refractivity contribution in [3.05, 3.63) is 0 Å². The molecule has 0 radical (unpaired) electrons. The number of sulfonamides is 1. The van der Waals surface area contributed by atoms with Crippen LogP contribution in [0.4, 0.5) is 0 Å². The summed E-state index contributed by atoms with van der Waals surface area (Å²) in [4.78, 5) is 2.49. The van der Waals surface area contributed by atoms with Gasteiger partial charge in [-0.25, -0.2) is 8.42 Å². The second kappa shape index (κ2) is 7.20. The molecule has 1 heterocycles. The molecule has 1 N–H and O–H groups in total. The maximum atomic E-state index is 12.3. The van der Waals surface area contributed by atoms with Crippen molar-refractivity contribution >= 4 is 10.0 Å². The fourth-order valence-electron chi connectivity index (χ4n) is 3.22. The monoisotopic (exact) mass is 303 g/mol. The molecule has 0 amide bonds. The normalized spacial score (nSPS) is 23.8. The fraction of sp³-hybridized carbons (Fsp3) is 1.00. The van der Waals surface area contributed by atoms with Gasteiger partial charge in [-0.1, -0.05) is 26.7 Å². The summed E-state index contributed by atoms with van der Waals surface area (Å²) in [6.07, 6.45) is 5.27. The molecular formula is C14H29N3O2S. The van der Waals surface area contributed by atoms with Gasteiger partial charge >= 0.3 is 0 Å². The van der Waals surface area contributed by atoms with E-state index in [4.69, 9.17) is 0 Å². The van der Waals surface area contributed by atoms with Crippen molar-refractivity contribution in [3.8, 4) is 0 Å². The third kappa shape index (κ3) is 4.41. The minimum Gasteiger partial charge on any atom is -0.313 e. The van der Waals surface area contributed by atoms with Gasteiger partial charge in [-0.05, 0) is 12.8 Å². The van der Waals surface area contributed by atoms with E-state index in [2.05, 4.69) is 10.2 Å². The molecule has 118 valence electrons. The molecule has 0 aromatic carbocycles. The Morgan fingerprint density at radius 3 is 2.25 bits per heavy atom. The quantitative estimate of drug-likeness (QED) is 0.791. The van der Waals surface area contributed by atoms with Crippen molar-refractivity contribution < 1.29 is 8.42 Å². The van der Waals surface area contributed by atoms with Gasteiger partial charge in [0.1, 0.15) is 0 Å². The third-order valence-electron chi connectivity index (χ3n) is 4.42. The van der Waals surface area contributed by atoms with Crippen molar-refractivity contribution in [2.75, 3.05) is 38.5 Å². The summed E-state index contributed by atoms with van der Waals surface area (Å²) in [5, 5.41) is 3.18. The van der Waals surface area contributed by atoms with Crippen LogP contribution in [0, 0.1) is 0 Å². The lowest BCUT2D eigenvalue weighted by molar-refractivity contribution is 0.139. The molecule has 5 nitrogen and oxygen atoms in total. The average Bonchev–Trinajstić information content (AvgIpc) is 2.92. The van der Waals surface area contributed by atoms with Crippen LogP contribution in [-0.4, -0.2) is 68.2 Å². The van der Waals surface area contributed by atoms with Crippen LogP contribution < -0.4 is 5.32 Å². The summed E-state index contributed by atoms with van der Waals surface area (Å²) in [6, 6.07) is 1.05. The zero-order valence-electron chi connectivity index (χ0n) is 12.8. The smallest absolute Gasteiger partial charge is 0.215 e. The van der Waals surface area contributed by atoms with Gasteiger partial charge in [-0.3, -0.25) is 4.90 Å². The Hall–Kier alpha value is -0.170. The van der Waals surface area contributed by atoms with Crippen LogP contribution in [-0.2, 0) is 10.0 Å². The van der Waals surface area contributed by atoms with Crippen molar-refractivity contribution in [1.29, 1.82) is 0 Å². The van der Waals surface area contributed by atoms with Gasteiger partial charge in [0, 0.05) is 44.8 Å². The maximum Gasteiger partial charge on any atom is 0.215 e. The lowest BCUT2D eigenvalue weighted by atomic mass is 10.2. The molecule has 0 aromatic rings. The highest BCUT2D eigenvalue weighted by Crippen LogP contribution is 2.24. The van der Waals surface area contributed by atoms with Crippen LogP contribution in [0.3, 0.4) is 0 Å². The predicted octanol–water partition coefficient (Wildman–Crippen LogP) is 0.874. The van der Waals surface area contributed by atoms with Gasteiger partial charge in [0.15, 0.2) is 0 Å². The molecular weight excluding hydrogens is 274 g/mol. The van der Waals surface area contributed by atoms with Gasteiger partial charge in [0.05, 0.1) is 5.75 Å². The maximum absolute atomic E-state index is 12.3. The van der Waals surface area contributed by atoms with Crippen LogP contribution in [0.5, 0.6) is 0 Å². The van der Waals surface area contributed by atoms with Crippen LogP contribution in [0.1, 0.15) is 39.5 Å². The zero-order valence-corrected chi connectivity index (χ0v) is 13.7. The van der Waals surface area contributed by atoms with E-state index < -0.39 is 10.0 Å². The first-order valence-electron chi connectivity index (χ1n) is 7.94. The Kier molecular flexibility index (Phi) is 5.84. The highest BCUT2D eigenvalue weighted by molar-refractivity contribution is 7.89. The van der Waals surface area contributed by atoms with Crippen molar-refractivity contribution in [3.63, 3.8) is 0 Å². The van der Waals surface area contributed by atoms with Crippen LogP contribution >= 0.6 is 0 Å². The standard InChI is InChI=1S/C14H29N3O2S/c1-13(2)15-7-12-20(18,19)17-10-8-16(9-11-17)14-5-3-4-6-14/h13-15H,3-12H2,1-2H3. The zero-order chi connectivity index (χ0) is 14.6. The molecule has 6 heteroatoms. The van der Waals surface area contributed by atoms with E-state index in [1.54, 1.807) is 4.31 Å². The molecule has 1 saturated carbocycles. The summed E-state index contributed by atoms with van der Waals surface area (Å²) < 4.78 is 26.2. The number of hydrogen-bond acceptors (Lipinski definition) is 4. The molecule has 1 aliphatic heterocycles. The Labute approximate surface area is 123 Å². The lowest BCUT2D eigenvalue weighted by Crippen LogP contribution is -2.52. The molecule has 0 spiro atoms. The molecule has 2 aliphatic rings. The number of rotatable bonds is 6. The highest BCUT2D eigenvalue weighted by atomic mass is 32.2. The topological polar surface area (TPSA) is 52.7 Å². The van der Waals surface area contributed by atoms with Gasteiger partial charge in [0.2, 0.25) is 10.0 Å². The second-order valence-electron chi connectivity index (χ2n) is 6.30. The molecule has 0 bridgehead atoms. The van der Waals surface area contributed by atoms with E-state index in [-0.39, 0.29) is 5.75 Å². The summed E-state index contributed by atoms with van der Waals surface area (Å²) in [7, 11) is -3.08. The second-order valence-corrected chi connectivity index (χ2v) is 8.39. The Bertz CT molecular complexity index is 383. The van der Waals surface area contributed by atoms with E-state index >= 15 is 0 Å². The summed E-state index contributed by atoms with van der Waals surface area (Å²) >= 11 is 0. The SMILES string of the molecule is CC(C)NCCS(=O)(=O)N1CCN(C2CCCC2)CC1. The van der Waals surface area contributed by atoms with Crippen LogP contribution in [0.2, 0.25) is 0 Å². The summed E-state index contributed by atoms with van der Waals surface area (Å²) in [6.45, 7) is 7.76. The molecule has 0 unspecified atom stereocenters. The molecule has 2 rings (SSSR count). The number of piperazine rings is 1. The van der Waals surface area contributed by atoms with Crippen molar-refractivity contribution in [2.24, 2.45) is 0 Å². The van der Waals surface area contributed by atoms with Crippen molar-refractivity contribution in [1.82, 2.24) is 14.5 Å². The van der Waals surface area contributed by atoms with Gasteiger partial charge in [0.25, 0.3) is 0 Å². The lowest BCUT2D eigenvalue weighted by Gasteiger charge is -2.37. The Morgan fingerprint density at radius 1 is 1.10 bits per heavy atom. The molecule has 2 fully saturated rings. The van der Waals surface area contributed by atoms with Gasteiger partial charge in [-0.2, -0.15) is 4.31 Å². The van der Waals surface area contributed by atoms with E-state index in [9.17, 15) is 8.42 Å². The fourth-order valence-corrected chi connectivity index (χ4v) is 4.58. The first-order chi connectivity index (χ1) is 9.49. The molecule has 20 heavy (non-hydrogen) atoms. The minimum atomic E-state index is -3.08. The Balaban J connectivity index is 1.77. The first-order valence-corrected chi connectivity index (χ1v) is 9.55. The van der Waals surface area contributed by atoms with E-state index in [1.165, 1.54) is 25.7 Å². The van der Waals surface area contributed by atoms with Gasteiger partial charge < -0.3 is 5.32 Å². The van der Waals surface area contributed by atoms with E-state index in [1.807, 2.05) is 13.8 Å². The average molecular weight is 303 g/mol. The molecule has 1 aliphatic carbocycles. The number of nitrogens with zero attached hydrogens (tertiary/aromatic N) is 2. The predicted molar refractivity (Wildman–Crippen MR) is 82.3 cm³/mol. The highest BCUT2D eigenvalue weighted by Gasteiger charge is 2.30. The molecule has 0 aromatic heterocycles. The largest absolute Gasteiger partial charge is 0.313 e. The van der Waals surface area contributed by atoms with Crippen molar-refractivity contribution in [2.45, 2.75) is 51.6 Å². The molecule has 1 saturated heterocycles. The van der Waals surface area contributed by atoms with E-state index in [0.29, 0.717) is 31.7 Å². The molecule has 0 atom stereocenters.